The van der Waals surface area contributed by atoms with E-state index in [-0.39, 0.29) is 11.9 Å². The van der Waals surface area contributed by atoms with Crippen LogP contribution >= 0.6 is 0 Å². The van der Waals surface area contributed by atoms with Crippen LogP contribution in [0.15, 0.2) is 18.2 Å². The molecule has 0 aliphatic rings. The first-order valence-corrected chi connectivity index (χ1v) is 5.81. The average molecular weight is 239 g/mol. The summed E-state index contributed by atoms with van der Waals surface area (Å²) >= 11 is 0. The highest BCUT2D eigenvalue weighted by molar-refractivity contribution is 5.41. The fraction of sp³-hybridized carbons (Fsp3) is 0.538. The standard InChI is InChI=1S/C13H21NO3/c1-10(2)17-7-6-14-9-11-4-5-13(16-3)12(15)8-11/h4-5,8,10,14-15H,6-7,9H2,1-3H3. The van der Waals surface area contributed by atoms with Crippen LogP contribution in [0.5, 0.6) is 11.5 Å². The molecular weight excluding hydrogens is 218 g/mol. The molecule has 0 amide bonds. The number of methoxy groups -OCH3 is 1. The number of rotatable bonds is 7. The van der Waals surface area contributed by atoms with Crippen LogP contribution in [-0.4, -0.2) is 31.5 Å². The molecule has 0 aliphatic heterocycles. The first kappa shape index (κ1) is 13.8. The molecule has 1 aromatic carbocycles. The largest absolute Gasteiger partial charge is 0.504 e. The summed E-state index contributed by atoms with van der Waals surface area (Å²) in [7, 11) is 1.54. The third-order valence-electron chi connectivity index (χ3n) is 2.30. The topological polar surface area (TPSA) is 50.7 Å². The van der Waals surface area contributed by atoms with Crippen molar-refractivity contribution in [3.8, 4) is 11.5 Å². The maximum absolute atomic E-state index is 9.59. The van der Waals surface area contributed by atoms with Crippen molar-refractivity contribution < 1.29 is 14.6 Å². The Morgan fingerprint density at radius 2 is 2.12 bits per heavy atom. The van der Waals surface area contributed by atoms with Gasteiger partial charge in [-0.2, -0.15) is 0 Å². The third kappa shape index (κ3) is 5.06. The lowest BCUT2D eigenvalue weighted by atomic mass is 10.2. The molecule has 0 saturated heterocycles. The highest BCUT2D eigenvalue weighted by Crippen LogP contribution is 2.25. The monoisotopic (exact) mass is 239 g/mol. The van der Waals surface area contributed by atoms with Gasteiger partial charge in [0.2, 0.25) is 0 Å². The van der Waals surface area contributed by atoms with Crippen LogP contribution < -0.4 is 10.1 Å². The highest BCUT2D eigenvalue weighted by Gasteiger charge is 2.02. The Morgan fingerprint density at radius 3 is 2.71 bits per heavy atom. The second-order valence-electron chi connectivity index (χ2n) is 4.10. The number of phenols is 1. The highest BCUT2D eigenvalue weighted by atomic mass is 16.5. The van der Waals surface area contributed by atoms with Gasteiger partial charge in [0.1, 0.15) is 0 Å². The number of aromatic hydroxyl groups is 1. The number of phenolic OH excluding ortho intramolecular Hbond substituents is 1. The van der Waals surface area contributed by atoms with Crippen LogP contribution in [0.2, 0.25) is 0 Å². The van der Waals surface area contributed by atoms with E-state index in [1.54, 1.807) is 12.1 Å². The lowest BCUT2D eigenvalue weighted by molar-refractivity contribution is 0.0807. The number of hydrogen-bond acceptors (Lipinski definition) is 4. The predicted octanol–water partition coefficient (Wildman–Crippen LogP) is 1.92. The predicted molar refractivity (Wildman–Crippen MR) is 67.5 cm³/mol. The smallest absolute Gasteiger partial charge is 0.160 e. The molecule has 0 bridgehead atoms. The zero-order valence-electron chi connectivity index (χ0n) is 10.7. The van der Waals surface area contributed by atoms with Crippen molar-refractivity contribution in [2.24, 2.45) is 0 Å². The molecule has 1 aromatic rings. The summed E-state index contributed by atoms with van der Waals surface area (Å²) in [6, 6.07) is 5.39. The van der Waals surface area contributed by atoms with Gasteiger partial charge < -0.3 is 19.9 Å². The van der Waals surface area contributed by atoms with Gasteiger partial charge >= 0.3 is 0 Å². The molecule has 4 nitrogen and oxygen atoms in total. The molecule has 0 saturated carbocycles. The zero-order chi connectivity index (χ0) is 12.7. The van der Waals surface area contributed by atoms with Gasteiger partial charge in [-0.1, -0.05) is 6.07 Å². The van der Waals surface area contributed by atoms with Gasteiger partial charge in [0.25, 0.3) is 0 Å². The minimum absolute atomic E-state index is 0.172. The summed E-state index contributed by atoms with van der Waals surface area (Å²) in [5, 5.41) is 12.8. The van der Waals surface area contributed by atoms with E-state index in [9.17, 15) is 5.11 Å². The van der Waals surface area contributed by atoms with Crippen molar-refractivity contribution in [3.05, 3.63) is 23.8 Å². The van der Waals surface area contributed by atoms with E-state index in [0.29, 0.717) is 18.9 Å². The lowest BCUT2D eigenvalue weighted by Crippen LogP contribution is -2.20. The van der Waals surface area contributed by atoms with E-state index in [4.69, 9.17) is 9.47 Å². The lowest BCUT2D eigenvalue weighted by Gasteiger charge is -2.09. The zero-order valence-corrected chi connectivity index (χ0v) is 10.7. The summed E-state index contributed by atoms with van der Waals surface area (Å²) in [6.45, 7) is 6.23. The molecular formula is C13H21NO3. The van der Waals surface area contributed by atoms with Crippen molar-refractivity contribution in [1.29, 1.82) is 0 Å². The molecule has 0 unspecified atom stereocenters. The van der Waals surface area contributed by atoms with Gasteiger partial charge in [-0.3, -0.25) is 0 Å². The Kier molecular flexibility index (Phi) is 5.80. The second-order valence-corrected chi connectivity index (χ2v) is 4.10. The van der Waals surface area contributed by atoms with Crippen molar-refractivity contribution in [3.63, 3.8) is 0 Å². The molecule has 0 atom stereocenters. The Labute approximate surface area is 103 Å². The van der Waals surface area contributed by atoms with E-state index in [1.165, 1.54) is 7.11 Å². The maximum atomic E-state index is 9.59. The van der Waals surface area contributed by atoms with E-state index in [2.05, 4.69) is 5.32 Å². The number of nitrogens with one attached hydrogen (secondary N) is 1. The second kappa shape index (κ2) is 7.14. The maximum Gasteiger partial charge on any atom is 0.160 e. The molecule has 96 valence electrons. The Balaban J connectivity index is 2.30. The van der Waals surface area contributed by atoms with Crippen LogP contribution in [0, 0.1) is 0 Å². The molecule has 0 aromatic heterocycles. The molecule has 0 spiro atoms. The summed E-state index contributed by atoms with van der Waals surface area (Å²) in [5.41, 5.74) is 1.02. The first-order chi connectivity index (χ1) is 8.13. The first-order valence-electron chi connectivity index (χ1n) is 5.81. The van der Waals surface area contributed by atoms with E-state index >= 15 is 0 Å². The van der Waals surface area contributed by atoms with E-state index in [0.717, 1.165) is 12.1 Å². The van der Waals surface area contributed by atoms with Crippen LogP contribution in [0.3, 0.4) is 0 Å². The molecule has 0 radical (unpaired) electrons. The number of hydrogen-bond donors (Lipinski definition) is 2. The normalized spacial score (nSPS) is 10.8. The SMILES string of the molecule is COc1ccc(CNCCOC(C)C)cc1O. The minimum atomic E-state index is 0.172. The molecule has 1 rings (SSSR count). The van der Waals surface area contributed by atoms with Crippen LogP contribution in [0.25, 0.3) is 0 Å². The Bertz CT molecular complexity index is 339. The van der Waals surface area contributed by atoms with Crippen LogP contribution in [0.1, 0.15) is 19.4 Å². The summed E-state index contributed by atoms with van der Waals surface area (Å²) < 4.78 is 10.4. The van der Waals surface area contributed by atoms with Crippen LogP contribution in [0.4, 0.5) is 0 Å². The van der Waals surface area contributed by atoms with E-state index < -0.39 is 0 Å². The van der Waals surface area contributed by atoms with Gasteiger partial charge in [0.15, 0.2) is 11.5 Å². The van der Waals surface area contributed by atoms with Crippen molar-refractivity contribution in [1.82, 2.24) is 5.32 Å². The Morgan fingerprint density at radius 1 is 1.35 bits per heavy atom. The molecule has 4 heteroatoms. The van der Waals surface area contributed by atoms with Gasteiger partial charge in [-0.25, -0.2) is 0 Å². The van der Waals surface area contributed by atoms with Crippen LogP contribution in [-0.2, 0) is 11.3 Å². The summed E-state index contributed by atoms with van der Waals surface area (Å²) in [6.07, 6.45) is 0.266. The van der Waals surface area contributed by atoms with Crippen molar-refractivity contribution in [2.75, 3.05) is 20.3 Å². The summed E-state index contributed by atoms with van der Waals surface area (Å²) in [4.78, 5) is 0. The molecule has 0 heterocycles. The van der Waals surface area contributed by atoms with Crippen molar-refractivity contribution >= 4 is 0 Å². The minimum Gasteiger partial charge on any atom is -0.504 e. The molecule has 2 N–H and O–H groups in total. The number of benzene rings is 1. The summed E-state index contributed by atoms with van der Waals surface area (Å²) in [5.74, 6) is 0.669. The fourth-order valence-corrected chi connectivity index (χ4v) is 1.45. The molecule has 17 heavy (non-hydrogen) atoms. The molecule has 0 aliphatic carbocycles. The fourth-order valence-electron chi connectivity index (χ4n) is 1.45. The van der Waals surface area contributed by atoms with Gasteiger partial charge in [-0.05, 0) is 31.5 Å². The quantitative estimate of drug-likeness (QED) is 0.714. The molecule has 0 fully saturated rings. The van der Waals surface area contributed by atoms with Gasteiger partial charge in [0.05, 0.1) is 19.8 Å². The Hall–Kier alpha value is -1.26. The van der Waals surface area contributed by atoms with Gasteiger partial charge in [0, 0.05) is 13.1 Å². The van der Waals surface area contributed by atoms with Gasteiger partial charge in [-0.15, -0.1) is 0 Å². The number of ether oxygens (including phenoxy) is 2. The average Bonchev–Trinajstić information content (AvgIpc) is 2.28. The third-order valence-corrected chi connectivity index (χ3v) is 2.30. The van der Waals surface area contributed by atoms with E-state index in [1.807, 2.05) is 19.9 Å². The van der Waals surface area contributed by atoms with Crippen molar-refractivity contribution in [2.45, 2.75) is 26.5 Å².